The van der Waals surface area contributed by atoms with Crippen LogP contribution in [-0.4, -0.2) is 17.2 Å². The highest BCUT2D eigenvalue weighted by molar-refractivity contribution is 9.10. The largest absolute Gasteiger partial charge is 0.488 e. The van der Waals surface area contributed by atoms with Crippen molar-refractivity contribution in [1.82, 2.24) is 0 Å². The van der Waals surface area contributed by atoms with Gasteiger partial charge >= 0.3 is 7.12 Å². The third kappa shape index (κ3) is 10.2. The van der Waals surface area contributed by atoms with Crippen LogP contribution in [-0.2, 0) is 0 Å². The number of halogens is 1. The summed E-state index contributed by atoms with van der Waals surface area (Å²) in [4.78, 5) is 0. The van der Waals surface area contributed by atoms with Crippen LogP contribution in [0.2, 0.25) is 0 Å². The number of hydrogen-bond acceptors (Lipinski definition) is 10. The summed E-state index contributed by atoms with van der Waals surface area (Å²) >= 11 is 3.55. The van der Waals surface area contributed by atoms with Crippen LogP contribution in [0.5, 0.6) is 0 Å². The first-order chi connectivity index (χ1) is 53.1. The second-order valence-electron chi connectivity index (χ2n) is 27.7. The highest BCUT2D eigenvalue weighted by Crippen LogP contribution is 2.45. The van der Waals surface area contributed by atoms with E-state index in [1.54, 1.807) is 18.2 Å². The zero-order chi connectivity index (χ0) is 71.4. The van der Waals surface area contributed by atoms with Gasteiger partial charge in [0.15, 0.2) is 0 Å². The lowest BCUT2D eigenvalue weighted by molar-refractivity contribution is 0.426. The number of fused-ring (bicyclic) bond motifs is 24. The van der Waals surface area contributed by atoms with Crippen molar-refractivity contribution in [3.63, 3.8) is 0 Å². The summed E-state index contributed by atoms with van der Waals surface area (Å²) in [6.45, 7) is 0. The van der Waals surface area contributed by atoms with E-state index in [1.165, 1.54) is 22.3 Å². The average Bonchev–Trinajstić information content (AvgIpc) is 1.13. The molecule has 0 amide bonds. The Morgan fingerprint density at radius 1 is 0.167 bits per heavy atom. The maximum absolute atomic E-state index is 9.49. The van der Waals surface area contributed by atoms with Gasteiger partial charge in [0.05, 0.1) is 0 Å². The van der Waals surface area contributed by atoms with Crippen LogP contribution < -0.4 is 5.46 Å². The average molecular weight is 1460 g/mol. The van der Waals surface area contributed by atoms with E-state index in [-0.39, 0.29) is 0 Å². The van der Waals surface area contributed by atoms with E-state index in [2.05, 4.69) is 240 Å². The van der Waals surface area contributed by atoms with Crippen molar-refractivity contribution in [3.8, 4) is 55.6 Å². The molecule has 10 nitrogen and oxygen atoms in total. The highest BCUT2D eigenvalue weighted by Gasteiger charge is 2.22. The van der Waals surface area contributed by atoms with Crippen molar-refractivity contribution in [3.05, 3.63) is 320 Å². The zero-order valence-electron chi connectivity index (χ0n) is 57.1. The molecule has 0 atom stereocenters. The van der Waals surface area contributed by atoms with Gasteiger partial charge < -0.3 is 45.4 Å². The summed E-state index contributed by atoms with van der Waals surface area (Å²) in [5.41, 5.74) is 25.3. The van der Waals surface area contributed by atoms with Crippen LogP contribution in [0.15, 0.2) is 355 Å². The Labute approximate surface area is 620 Å². The van der Waals surface area contributed by atoms with Crippen LogP contribution in [0.25, 0.3) is 231 Å². The summed E-state index contributed by atoms with van der Waals surface area (Å²) in [7, 11) is -1.52. The predicted molar refractivity (Wildman–Crippen MR) is 442 cm³/mol. The number of furan rings is 8. The third-order valence-corrected chi connectivity index (χ3v) is 21.8. The van der Waals surface area contributed by atoms with Crippen molar-refractivity contribution < 1.29 is 45.4 Å². The highest BCUT2D eigenvalue weighted by atomic mass is 79.9. The molecule has 12 heteroatoms. The molecular weight excluding hydrogens is 1400 g/mol. The van der Waals surface area contributed by atoms with E-state index in [4.69, 9.17) is 35.3 Å². The Balaban J connectivity index is 0.000000109. The second-order valence-corrected chi connectivity index (χ2v) is 28.6. The molecule has 24 rings (SSSR count). The lowest BCUT2D eigenvalue weighted by Crippen LogP contribution is -2.29. The second kappa shape index (κ2) is 24.2. The Hall–Kier alpha value is -13.6. The van der Waals surface area contributed by atoms with Gasteiger partial charge in [0.2, 0.25) is 0 Å². The van der Waals surface area contributed by atoms with Crippen LogP contribution in [0.1, 0.15) is 0 Å². The Kier molecular flexibility index (Phi) is 13.9. The molecular formula is C96H54BBrO10. The standard InChI is InChI=1S/C48H26O4.C24H15BO4.C24H13BrO2/c1-3-7-27(8-4-1)29-11-15-41-33(19-29)37-23-47-39(25-45(37)49-41)35-21-31(13-17-43(35)51-47)32-14-18-44-36(22-32)40-26-46-38(24-48(40)52-44)34-20-30(12-16-42(34)50-46)28-9-5-2-6-10-28;26-25(27)16-7-9-22-18(11-16)20-13-23-19(12-24(20)29-22)17-10-15(6-8-21(17)28-23)14-4-2-1-3-5-14;25-16-7-9-22-18(11-16)20-13-23-19(12-24(20)27-22)17-10-15(6-8-21(17)26-23)14-4-2-1-3-5-14/h1-26H;1-13,26-27H;1-13H. The van der Waals surface area contributed by atoms with Crippen LogP contribution >= 0.6 is 15.9 Å². The van der Waals surface area contributed by atoms with E-state index in [0.717, 1.165) is 208 Å². The van der Waals surface area contributed by atoms with Gasteiger partial charge in [0.1, 0.15) is 89.3 Å². The molecule has 16 aromatic carbocycles. The molecule has 24 aromatic rings. The minimum absolute atomic E-state index is 0.428. The Bertz CT molecular complexity index is 7560. The van der Waals surface area contributed by atoms with E-state index in [9.17, 15) is 10.0 Å². The molecule has 0 aliphatic carbocycles. The van der Waals surface area contributed by atoms with Gasteiger partial charge in [-0.1, -0.05) is 186 Å². The fourth-order valence-corrected chi connectivity index (χ4v) is 16.3. The summed E-state index contributed by atoms with van der Waals surface area (Å²) in [6.07, 6.45) is 0. The molecule has 0 aliphatic rings. The molecule has 0 saturated heterocycles. The van der Waals surface area contributed by atoms with Gasteiger partial charge in [0.25, 0.3) is 0 Å². The lowest BCUT2D eigenvalue weighted by atomic mass is 9.80. The minimum Gasteiger partial charge on any atom is -0.456 e. The first-order valence-electron chi connectivity index (χ1n) is 35.7. The molecule has 108 heavy (non-hydrogen) atoms. The molecule has 8 aromatic heterocycles. The molecule has 0 spiro atoms. The fraction of sp³-hybridized carbons (Fsp3) is 0. The van der Waals surface area contributed by atoms with Gasteiger partial charge in [-0.25, -0.2) is 0 Å². The monoisotopic (exact) mass is 1460 g/mol. The summed E-state index contributed by atoms with van der Waals surface area (Å²) in [5.74, 6) is 0. The first-order valence-corrected chi connectivity index (χ1v) is 36.5. The van der Waals surface area contributed by atoms with Crippen LogP contribution in [0, 0.1) is 0 Å². The Morgan fingerprint density at radius 3 is 0.583 bits per heavy atom. The SMILES string of the molecule is Brc1ccc2oc3cc4c(cc3c2c1)oc1ccc(-c2ccccc2)cc14.OB(O)c1ccc2oc3cc4c(cc3c2c1)oc1ccc(-c2ccccc2)cc14.c1ccc(-c2ccc3oc4cc5c(cc4c3c2)oc2ccc(-c3ccc4oc6cc7c(cc6c4c3)oc3ccc(-c4ccccc4)cc37)cc25)cc1. The molecule has 0 bridgehead atoms. The predicted octanol–water partition coefficient (Wildman–Crippen LogP) is 27.0. The summed E-state index contributed by atoms with van der Waals surface area (Å²) in [5, 5.41) is 35.5. The maximum Gasteiger partial charge on any atom is 0.488 e. The number of hydrogen-bond donors (Lipinski definition) is 2. The smallest absolute Gasteiger partial charge is 0.456 e. The van der Waals surface area contributed by atoms with Crippen molar-refractivity contribution in [2.45, 2.75) is 0 Å². The molecule has 0 unspecified atom stereocenters. The zero-order valence-corrected chi connectivity index (χ0v) is 58.7. The van der Waals surface area contributed by atoms with Gasteiger partial charge in [-0.2, -0.15) is 0 Å². The van der Waals surface area contributed by atoms with Gasteiger partial charge in [0, 0.05) is 90.7 Å². The molecule has 2 N–H and O–H groups in total. The fourth-order valence-electron chi connectivity index (χ4n) is 15.9. The van der Waals surface area contributed by atoms with Gasteiger partial charge in [-0.15, -0.1) is 0 Å². The van der Waals surface area contributed by atoms with E-state index < -0.39 is 7.12 Å². The Morgan fingerprint density at radius 2 is 0.352 bits per heavy atom. The lowest BCUT2D eigenvalue weighted by Gasteiger charge is -2.02. The molecule has 0 fully saturated rings. The van der Waals surface area contributed by atoms with Gasteiger partial charge in [-0.05, 0) is 207 Å². The molecule has 0 radical (unpaired) electrons. The molecule has 0 saturated carbocycles. The minimum atomic E-state index is -1.52. The van der Waals surface area contributed by atoms with Crippen molar-refractivity contribution in [2.75, 3.05) is 0 Å². The van der Waals surface area contributed by atoms with Crippen molar-refractivity contribution >= 4 is 204 Å². The van der Waals surface area contributed by atoms with Gasteiger partial charge in [-0.3, -0.25) is 0 Å². The quantitative estimate of drug-likeness (QED) is 0.154. The summed E-state index contributed by atoms with van der Waals surface area (Å²) < 4.78 is 51.0. The van der Waals surface area contributed by atoms with E-state index in [0.29, 0.717) is 11.0 Å². The number of benzene rings is 16. The van der Waals surface area contributed by atoms with Crippen molar-refractivity contribution in [1.29, 1.82) is 0 Å². The van der Waals surface area contributed by atoms with Crippen molar-refractivity contribution in [2.24, 2.45) is 0 Å². The molecule has 508 valence electrons. The first kappa shape index (κ1) is 61.8. The normalized spacial score (nSPS) is 12.0. The molecule has 8 heterocycles. The van der Waals surface area contributed by atoms with E-state index in [1.807, 2.05) is 72.8 Å². The third-order valence-electron chi connectivity index (χ3n) is 21.3. The summed E-state index contributed by atoms with van der Waals surface area (Å²) in [6, 6.07) is 108. The molecule has 0 aliphatic heterocycles. The van der Waals surface area contributed by atoms with Crippen LogP contribution in [0.4, 0.5) is 0 Å². The van der Waals surface area contributed by atoms with E-state index >= 15 is 0 Å². The maximum atomic E-state index is 9.49. The topological polar surface area (TPSA) is 146 Å². The number of rotatable bonds is 6. The van der Waals surface area contributed by atoms with Crippen LogP contribution in [0.3, 0.4) is 0 Å².